The summed E-state index contributed by atoms with van der Waals surface area (Å²) < 4.78 is 18.6. The summed E-state index contributed by atoms with van der Waals surface area (Å²) in [5.41, 5.74) is -0.839. The summed E-state index contributed by atoms with van der Waals surface area (Å²) in [6.45, 7) is 0.747. The Morgan fingerprint density at radius 2 is 2.28 bits per heavy atom. The molecule has 0 aliphatic carbocycles. The first-order chi connectivity index (χ1) is 8.67. The quantitative estimate of drug-likeness (QED) is 0.770. The van der Waals surface area contributed by atoms with Gasteiger partial charge in [0, 0.05) is 19.4 Å². The van der Waals surface area contributed by atoms with Crippen LogP contribution in [0, 0.1) is 5.95 Å². The predicted octanol–water partition coefficient (Wildman–Crippen LogP) is 0.492. The molecule has 5 nitrogen and oxygen atoms in total. The Kier molecular flexibility index (Phi) is 3.88. The van der Waals surface area contributed by atoms with Crippen LogP contribution in [0.5, 0.6) is 0 Å². The van der Waals surface area contributed by atoms with Crippen LogP contribution in [-0.2, 0) is 4.74 Å². The number of aromatic nitrogens is 1. The van der Waals surface area contributed by atoms with E-state index in [9.17, 15) is 14.3 Å². The fourth-order valence-corrected chi connectivity index (χ4v) is 1.95. The minimum atomic E-state index is -0.810. The van der Waals surface area contributed by atoms with Crippen molar-refractivity contribution in [3.05, 3.63) is 29.8 Å². The smallest absolute Gasteiger partial charge is 0.256 e. The maximum absolute atomic E-state index is 13.4. The second kappa shape index (κ2) is 5.41. The van der Waals surface area contributed by atoms with E-state index in [1.165, 1.54) is 18.3 Å². The molecule has 1 saturated heterocycles. The third kappa shape index (κ3) is 2.65. The lowest BCUT2D eigenvalue weighted by atomic mass is 9.90. The van der Waals surface area contributed by atoms with Crippen LogP contribution in [0.15, 0.2) is 18.3 Å². The van der Waals surface area contributed by atoms with Gasteiger partial charge in [-0.2, -0.15) is 4.39 Å². The van der Waals surface area contributed by atoms with Gasteiger partial charge in [-0.3, -0.25) is 4.79 Å². The molecule has 0 atom stereocenters. The molecule has 6 heteroatoms. The number of ether oxygens (including phenoxy) is 1. The average molecular weight is 254 g/mol. The van der Waals surface area contributed by atoms with Gasteiger partial charge in [0.2, 0.25) is 5.95 Å². The number of rotatable bonds is 3. The minimum absolute atomic E-state index is 0.114. The lowest BCUT2D eigenvalue weighted by molar-refractivity contribution is 0.0124. The van der Waals surface area contributed by atoms with Gasteiger partial charge in [0.15, 0.2) is 0 Å². The number of carbonyl (C=O) groups excluding carboxylic acids is 1. The van der Waals surface area contributed by atoms with Crippen molar-refractivity contribution in [2.45, 2.75) is 18.4 Å². The van der Waals surface area contributed by atoms with Crippen LogP contribution in [0.25, 0.3) is 0 Å². The fraction of sp³-hybridized carbons (Fsp3) is 0.500. The Bertz CT molecular complexity index is 433. The lowest BCUT2D eigenvalue weighted by Gasteiger charge is -2.36. The first-order valence-electron chi connectivity index (χ1n) is 5.78. The second-order valence-electron chi connectivity index (χ2n) is 4.35. The van der Waals surface area contributed by atoms with Gasteiger partial charge >= 0.3 is 0 Å². The van der Waals surface area contributed by atoms with Gasteiger partial charge in [0.25, 0.3) is 5.91 Å². The van der Waals surface area contributed by atoms with Crippen LogP contribution in [0.4, 0.5) is 4.39 Å². The van der Waals surface area contributed by atoms with Gasteiger partial charge < -0.3 is 15.2 Å². The molecule has 1 aliphatic rings. The summed E-state index contributed by atoms with van der Waals surface area (Å²) >= 11 is 0. The van der Waals surface area contributed by atoms with E-state index in [4.69, 9.17) is 4.74 Å². The number of hydrogen-bond acceptors (Lipinski definition) is 4. The number of aliphatic hydroxyl groups is 1. The second-order valence-corrected chi connectivity index (χ2v) is 4.35. The topological polar surface area (TPSA) is 71.5 Å². The van der Waals surface area contributed by atoms with E-state index in [0.29, 0.717) is 26.1 Å². The van der Waals surface area contributed by atoms with Crippen molar-refractivity contribution < 1.29 is 19.0 Å². The minimum Gasteiger partial charge on any atom is -0.394 e. The number of amides is 1. The van der Waals surface area contributed by atoms with Crippen molar-refractivity contribution in [1.29, 1.82) is 0 Å². The molecule has 0 spiro atoms. The van der Waals surface area contributed by atoms with E-state index in [2.05, 4.69) is 10.3 Å². The fourth-order valence-electron chi connectivity index (χ4n) is 1.95. The lowest BCUT2D eigenvalue weighted by Crippen LogP contribution is -2.54. The SMILES string of the molecule is O=C(NC1(CO)CCOCC1)c1cccnc1F. The zero-order valence-corrected chi connectivity index (χ0v) is 9.86. The molecule has 1 aliphatic heterocycles. The Hall–Kier alpha value is -1.53. The summed E-state index contributed by atoms with van der Waals surface area (Å²) in [6.07, 6.45) is 2.30. The van der Waals surface area contributed by atoms with Crippen LogP contribution in [0.2, 0.25) is 0 Å². The Balaban J connectivity index is 2.13. The van der Waals surface area contributed by atoms with Crippen molar-refractivity contribution >= 4 is 5.91 Å². The van der Waals surface area contributed by atoms with Gasteiger partial charge in [-0.1, -0.05) is 0 Å². The molecule has 2 rings (SSSR count). The number of hydrogen-bond donors (Lipinski definition) is 2. The van der Waals surface area contributed by atoms with Crippen LogP contribution < -0.4 is 5.32 Å². The van der Waals surface area contributed by atoms with Gasteiger partial charge in [-0.15, -0.1) is 0 Å². The number of pyridine rings is 1. The molecule has 2 heterocycles. The Morgan fingerprint density at radius 1 is 1.56 bits per heavy atom. The highest BCUT2D eigenvalue weighted by atomic mass is 19.1. The maximum Gasteiger partial charge on any atom is 0.256 e. The molecule has 0 aromatic carbocycles. The molecule has 1 aromatic rings. The van der Waals surface area contributed by atoms with Gasteiger partial charge in [-0.05, 0) is 25.0 Å². The zero-order valence-electron chi connectivity index (χ0n) is 9.86. The maximum atomic E-state index is 13.4. The van der Waals surface area contributed by atoms with E-state index in [0.717, 1.165) is 0 Å². The highest BCUT2D eigenvalue weighted by Crippen LogP contribution is 2.20. The summed E-state index contributed by atoms with van der Waals surface area (Å²) in [4.78, 5) is 15.4. The van der Waals surface area contributed by atoms with Crippen LogP contribution in [-0.4, -0.2) is 41.4 Å². The van der Waals surface area contributed by atoms with Crippen molar-refractivity contribution in [1.82, 2.24) is 10.3 Å². The summed E-state index contributed by atoms with van der Waals surface area (Å²) in [7, 11) is 0. The van der Waals surface area contributed by atoms with E-state index < -0.39 is 17.4 Å². The molecule has 0 bridgehead atoms. The number of carbonyl (C=O) groups is 1. The van der Waals surface area contributed by atoms with E-state index in [1.807, 2.05) is 0 Å². The number of nitrogens with one attached hydrogen (secondary N) is 1. The first-order valence-corrected chi connectivity index (χ1v) is 5.78. The number of nitrogens with zero attached hydrogens (tertiary/aromatic N) is 1. The third-order valence-electron chi connectivity index (χ3n) is 3.13. The molecule has 98 valence electrons. The predicted molar refractivity (Wildman–Crippen MR) is 61.5 cm³/mol. The van der Waals surface area contributed by atoms with Gasteiger partial charge in [0.05, 0.1) is 17.7 Å². The molecular formula is C12H15FN2O3. The molecule has 18 heavy (non-hydrogen) atoms. The normalized spacial score (nSPS) is 18.3. The number of halogens is 1. The Morgan fingerprint density at radius 3 is 2.89 bits per heavy atom. The average Bonchev–Trinajstić information content (AvgIpc) is 2.40. The monoisotopic (exact) mass is 254 g/mol. The molecule has 1 aromatic heterocycles. The van der Waals surface area contributed by atoms with Crippen molar-refractivity contribution in [2.75, 3.05) is 19.8 Å². The third-order valence-corrected chi connectivity index (χ3v) is 3.13. The largest absolute Gasteiger partial charge is 0.394 e. The van der Waals surface area contributed by atoms with Crippen LogP contribution in [0.3, 0.4) is 0 Å². The molecule has 0 saturated carbocycles. The molecule has 1 amide bonds. The highest BCUT2D eigenvalue weighted by molar-refractivity contribution is 5.94. The molecule has 0 radical (unpaired) electrons. The molecule has 1 fully saturated rings. The summed E-state index contributed by atoms with van der Waals surface area (Å²) in [5.74, 6) is -1.37. The van der Waals surface area contributed by atoms with Crippen molar-refractivity contribution in [3.63, 3.8) is 0 Å². The molecule has 2 N–H and O–H groups in total. The standard InChI is InChI=1S/C12H15FN2O3/c13-10-9(2-1-5-14-10)11(17)15-12(8-16)3-6-18-7-4-12/h1-2,5,16H,3-4,6-8H2,(H,15,17). The van der Waals surface area contributed by atoms with Gasteiger partial charge in [0.1, 0.15) is 0 Å². The van der Waals surface area contributed by atoms with Crippen molar-refractivity contribution in [2.24, 2.45) is 0 Å². The summed E-state index contributed by atoms with van der Waals surface area (Å²) in [6, 6.07) is 2.86. The van der Waals surface area contributed by atoms with Gasteiger partial charge in [-0.25, -0.2) is 4.98 Å². The first kappa shape index (κ1) is 12.9. The molecule has 0 unspecified atom stereocenters. The molecular weight excluding hydrogens is 239 g/mol. The summed E-state index contributed by atoms with van der Waals surface area (Å²) in [5, 5.41) is 12.1. The van der Waals surface area contributed by atoms with Crippen molar-refractivity contribution in [3.8, 4) is 0 Å². The van der Waals surface area contributed by atoms with Crippen LogP contribution in [0.1, 0.15) is 23.2 Å². The van der Waals surface area contributed by atoms with E-state index in [1.54, 1.807) is 0 Å². The van der Waals surface area contributed by atoms with Crippen LogP contribution >= 0.6 is 0 Å². The Labute approximate surface area is 104 Å². The highest BCUT2D eigenvalue weighted by Gasteiger charge is 2.34. The van der Waals surface area contributed by atoms with E-state index >= 15 is 0 Å². The van der Waals surface area contributed by atoms with E-state index in [-0.39, 0.29) is 12.2 Å². The number of aliphatic hydroxyl groups excluding tert-OH is 1. The zero-order chi connectivity index (χ0) is 13.0.